The first kappa shape index (κ1) is 17.1. The van der Waals surface area contributed by atoms with E-state index in [0.29, 0.717) is 6.61 Å². The summed E-state index contributed by atoms with van der Waals surface area (Å²) in [5.74, 6) is -0.286. The summed E-state index contributed by atoms with van der Waals surface area (Å²) in [6.07, 6.45) is 3.81. The van der Waals surface area contributed by atoms with Crippen molar-refractivity contribution < 1.29 is 19.4 Å². The molecule has 1 atom stereocenters. The van der Waals surface area contributed by atoms with E-state index in [1.165, 1.54) is 36.3 Å². The van der Waals surface area contributed by atoms with Gasteiger partial charge in [0, 0.05) is 12.1 Å². The van der Waals surface area contributed by atoms with Crippen LogP contribution in [0.15, 0.2) is 24.3 Å². The average molecular weight is 419 g/mol. The van der Waals surface area contributed by atoms with Gasteiger partial charge in [0.25, 0.3) is 5.69 Å². The number of nitrogens with zero attached hydrogens (tertiary/aromatic N) is 1. The summed E-state index contributed by atoms with van der Waals surface area (Å²) in [5, 5.41) is 10.6. The van der Waals surface area contributed by atoms with E-state index in [1.54, 1.807) is 12.1 Å². The minimum Gasteiger partial charge on any atom is -0.459 e. The fraction of sp³-hybridized carbons (Fsp3) is 0.533. The number of rotatable bonds is 6. The lowest BCUT2D eigenvalue weighted by atomic mass is 10.1. The Labute approximate surface area is 143 Å². The molecule has 0 radical (unpaired) electrons. The third kappa shape index (κ3) is 4.91. The number of likely N-dealkylation sites (tertiary alicyclic amines) is 1. The summed E-state index contributed by atoms with van der Waals surface area (Å²) in [4.78, 5) is 23.7. The number of nitro benzene ring substituents is 1. The van der Waals surface area contributed by atoms with Crippen LogP contribution in [0, 0.1) is 10.1 Å². The molecule has 1 aromatic carbocycles. The molecular formula is C15H20IN2O4+. The first-order valence-corrected chi connectivity index (χ1v) is 8.71. The molecule has 0 bridgehead atoms. The standard InChI is InChI=1S/C15H19IN2O4/c16-14(12-4-6-13(7-5-12)18(20)21)15(19)22-11-10-17-8-2-1-3-9-17/h4-7,14H,1-3,8-11H2/p+1. The summed E-state index contributed by atoms with van der Waals surface area (Å²) in [7, 11) is 0. The number of alkyl halides is 1. The smallest absolute Gasteiger partial charge is 0.323 e. The van der Waals surface area contributed by atoms with Crippen LogP contribution in [0.5, 0.6) is 0 Å². The first-order valence-electron chi connectivity index (χ1n) is 7.46. The summed E-state index contributed by atoms with van der Waals surface area (Å²) in [6, 6.07) is 6.02. The van der Waals surface area contributed by atoms with Gasteiger partial charge in [-0.25, -0.2) is 0 Å². The molecule has 1 aliphatic rings. The maximum absolute atomic E-state index is 12.0. The zero-order chi connectivity index (χ0) is 15.9. The van der Waals surface area contributed by atoms with Gasteiger partial charge in [-0.1, -0.05) is 34.7 Å². The number of halogens is 1. The van der Waals surface area contributed by atoms with E-state index in [9.17, 15) is 14.9 Å². The molecule has 1 fully saturated rings. The van der Waals surface area contributed by atoms with E-state index in [2.05, 4.69) is 0 Å². The highest BCUT2D eigenvalue weighted by atomic mass is 127. The number of piperidine rings is 1. The number of non-ortho nitro benzene ring substituents is 1. The van der Waals surface area contributed by atoms with Crippen molar-refractivity contribution in [2.24, 2.45) is 0 Å². The van der Waals surface area contributed by atoms with Crippen molar-refractivity contribution in [1.82, 2.24) is 0 Å². The van der Waals surface area contributed by atoms with Gasteiger partial charge >= 0.3 is 5.97 Å². The van der Waals surface area contributed by atoms with Gasteiger partial charge in [-0.15, -0.1) is 0 Å². The topological polar surface area (TPSA) is 73.9 Å². The average Bonchev–Trinajstić information content (AvgIpc) is 2.55. The lowest BCUT2D eigenvalue weighted by Crippen LogP contribution is -3.13. The minimum absolute atomic E-state index is 0.0226. The van der Waals surface area contributed by atoms with Gasteiger partial charge in [0.15, 0.2) is 0 Å². The number of quaternary nitrogens is 1. The second-order valence-corrected chi connectivity index (χ2v) is 6.68. The number of carbonyl (C=O) groups is 1. The number of benzene rings is 1. The van der Waals surface area contributed by atoms with E-state index < -0.39 is 8.85 Å². The van der Waals surface area contributed by atoms with Gasteiger partial charge in [-0.3, -0.25) is 14.9 Å². The Hall–Kier alpha value is -1.22. The number of nitrogens with one attached hydrogen (secondary N) is 1. The van der Waals surface area contributed by atoms with Crippen LogP contribution >= 0.6 is 22.6 Å². The van der Waals surface area contributed by atoms with Crippen molar-refractivity contribution in [2.45, 2.75) is 23.2 Å². The molecule has 0 spiro atoms. The number of hydrogen-bond acceptors (Lipinski definition) is 4. The predicted octanol–water partition coefficient (Wildman–Crippen LogP) is 1.68. The van der Waals surface area contributed by atoms with Crippen LogP contribution in [0.2, 0.25) is 0 Å². The molecule has 1 unspecified atom stereocenters. The molecule has 2 rings (SSSR count). The van der Waals surface area contributed by atoms with Gasteiger partial charge in [0.2, 0.25) is 0 Å². The van der Waals surface area contributed by atoms with Crippen LogP contribution in [0.3, 0.4) is 0 Å². The van der Waals surface area contributed by atoms with Crippen LogP contribution in [0.1, 0.15) is 28.8 Å². The van der Waals surface area contributed by atoms with Crippen molar-refractivity contribution in [3.63, 3.8) is 0 Å². The number of nitro groups is 1. The zero-order valence-electron chi connectivity index (χ0n) is 12.3. The van der Waals surface area contributed by atoms with Crippen LogP contribution in [0.4, 0.5) is 5.69 Å². The largest absolute Gasteiger partial charge is 0.459 e. The normalized spacial score (nSPS) is 17.0. The van der Waals surface area contributed by atoms with E-state index in [-0.39, 0.29) is 11.7 Å². The molecule has 1 N–H and O–H groups in total. The van der Waals surface area contributed by atoms with Crippen molar-refractivity contribution in [3.05, 3.63) is 39.9 Å². The number of ether oxygens (including phenoxy) is 1. The van der Waals surface area contributed by atoms with E-state index in [4.69, 9.17) is 4.74 Å². The van der Waals surface area contributed by atoms with Crippen LogP contribution < -0.4 is 4.90 Å². The van der Waals surface area contributed by atoms with Crippen molar-refractivity contribution in [2.75, 3.05) is 26.2 Å². The molecule has 22 heavy (non-hydrogen) atoms. The van der Waals surface area contributed by atoms with E-state index in [1.807, 2.05) is 22.6 Å². The molecule has 0 amide bonds. The highest BCUT2D eigenvalue weighted by Gasteiger charge is 2.21. The maximum Gasteiger partial charge on any atom is 0.323 e. The summed E-state index contributed by atoms with van der Waals surface area (Å²) in [5.41, 5.74) is 0.746. The Bertz CT molecular complexity index is 515. The lowest BCUT2D eigenvalue weighted by molar-refractivity contribution is -0.905. The molecule has 0 aromatic heterocycles. The Kier molecular flexibility index (Phi) is 6.56. The molecule has 1 aliphatic heterocycles. The third-order valence-corrected chi connectivity index (χ3v) is 5.09. The lowest BCUT2D eigenvalue weighted by Gasteiger charge is -2.23. The Balaban J connectivity index is 1.79. The summed E-state index contributed by atoms with van der Waals surface area (Å²) < 4.78 is 4.90. The minimum atomic E-state index is -0.453. The highest BCUT2D eigenvalue weighted by Crippen LogP contribution is 2.26. The summed E-state index contributed by atoms with van der Waals surface area (Å²) >= 11 is 2.01. The summed E-state index contributed by atoms with van der Waals surface area (Å²) in [6.45, 7) is 3.61. The van der Waals surface area contributed by atoms with Gasteiger partial charge in [-0.2, -0.15) is 0 Å². The second-order valence-electron chi connectivity index (χ2n) is 5.44. The zero-order valence-corrected chi connectivity index (χ0v) is 14.5. The SMILES string of the molecule is O=C(OCC[NH+]1CCCCC1)C(I)c1ccc([N+](=O)[O-])cc1. The molecule has 7 heteroatoms. The molecule has 0 saturated carbocycles. The fourth-order valence-corrected chi connectivity index (χ4v) is 3.17. The molecule has 1 aromatic rings. The Morgan fingerprint density at radius 3 is 2.50 bits per heavy atom. The van der Waals surface area contributed by atoms with Gasteiger partial charge in [0.1, 0.15) is 17.1 Å². The third-order valence-electron chi connectivity index (χ3n) is 3.86. The number of hydrogen-bond donors (Lipinski definition) is 1. The van der Waals surface area contributed by atoms with Gasteiger partial charge in [-0.05, 0) is 24.8 Å². The first-order chi connectivity index (χ1) is 10.6. The molecule has 0 aliphatic carbocycles. The van der Waals surface area contributed by atoms with Crippen molar-refractivity contribution in [3.8, 4) is 0 Å². The Morgan fingerprint density at radius 2 is 1.91 bits per heavy atom. The maximum atomic E-state index is 12.0. The predicted molar refractivity (Wildman–Crippen MR) is 90.2 cm³/mol. The monoisotopic (exact) mass is 419 g/mol. The van der Waals surface area contributed by atoms with Crippen molar-refractivity contribution >= 4 is 34.2 Å². The molecule has 6 nitrogen and oxygen atoms in total. The fourth-order valence-electron chi connectivity index (χ4n) is 2.57. The van der Waals surface area contributed by atoms with Gasteiger partial charge < -0.3 is 9.64 Å². The molecule has 1 heterocycles. The Morgan fingerprint density at radius 1 is 1.27 bits per heavy atom. The van der Waals surface area contributed by atoms with E-state index >= 15 is 0 Å². The van der Waals surface area contributed by atoms with Crippen LogP contribution in [-0.2, 0) is 9.53 Å². The number of esters is 1. The highest BCUT2D eigenvalue weighted by molar-refractivity contribution is 14.1. The van der Waals surface area contributed by atoms with Crippen LogP contribution in [0.25, 0.3) is 0 Å². The van der Waals surface area contributed by atoms with Gasteiger partial charge in [0.05, 0.1) is 18.0 Å². The van der Waals surface area contributed by atoms with Crippen molar-refractivity contribution in [1.29, 1.82) is 0 Å². The van der Waals surface area contributed by atoms with Crippen LogP contribution in [-0.4, -0.2) is 37.1 Å². The molecule has 120 valence electrons. The second kappa shape index (κ2) is 8.42. The number of carbonyl (C=O) groups excluding carboxylic acids is 1. The quantitative estimate of drug-likeness (QED) is 0.251. The molecular weight excluding hydrogens is 399 g/mol. The van der Waals surface area contributed by atoms with E-state index in [0.717, 1.165) is 25.2 Å². The molecule has 1 saturated heterocycles.